The Morgan fingerprint density at radius 2 is 2.15 bits per heavy atom. The van der Waals surface area contributed by atoms with Gasteiger partial charge in [0.1, 0.15) is 11.8 Å². The van der Waals surface area contributed by atoms with E-state index in [2.05, 4.69) is 24.8 Å². The highest BCUT2D eigenvalue weighted by Crippen LogP contribution is 2.37. The van der Waals surface area contributed by atoms with Gasteiger partial charge >= 0.3 is 0 Å². The van der Waals surface area contributed by atoms with Gasteiger partial charge in [-0.05, 0) is 12.1 Å². The molecule has 3 atom stereocenters. The van der Waals surface area contributed by atoms with Gasteiger partial charge in [-0.25, -0.2) is 19.3 Å². The fourth-order valence-corrected chi connectivity index (χ4v) is 3.89. The second-order valence-corrected chi connectivity index (χ2v) is 6.74. The predicted octanol–water partition coefficient (Wildman–Crippen LogP) is 2.02. The number of hydrogen-bond donors (Lipinski definition) is 1. The molecule has 1 aromatic carbocycles. The minimum atomic E-state index is -0.335. The average Bonchev–Trinajstić information content (AvgIpc) is 3.36. The van der Waals surface area contributed by atoms with Crippen LogP contribution in [0.4, 0.5) is 10.2 Å². The van der Waals surface area contributed by atoms with E-state index in [1.807, 2.05) is 0 Å². The molecule has 26 heavy (non-hydrogen) atoms. The van der Waals surface area contributed by atoms with Crippen molar-refractivity contribution in [3.63, 3.8) is 0 Å². The summed E-state index contributed by atoms with van der Waals surface area (Å²) in [7, 11) is 0. The lowest BCUT2D eigenvalue weighted by Crippen LogP contribution is -2.27. The Balaban J connectivity index is 1.30. The molecule has 134 valence electrons. The third kappa shape index (κ3) is 2.57. The van der Waals surface area contributed by atoms with Crippen LogP contribution < -0.4 is 9.64 Å². The van der Waals surface area contributed by atoms with Crippen LogP contribution in [-0.2, 0) is 4.74 Å². The highest BCUT2D eigenvalue weighted by atomic mass is 19.1. The molecule has 0 spiro atoms. The number of ether oxygens (including phenoxy) is 2. The van der Waals surface area contributed by atoms with Crippen molar-refractivity contribution in [2.45, 2.75) is 6.10 Å². The molecule has 2 fully saturated rings. The number of aromatic amines is 1. The van der Waals surface area contributed by atoms with Gasteiger partial charge in [0, 0.05) is 24.9 Å². The fraction of sp³-hybridized carbons (Fsp3) is 0.389. The molecule has 2 aromatic heterocycles. The molecule has 5 rings (SSSR count). The van der Waals surface area contributed by atoms with Crippen LogP contribution in [0.1, 0.15) is 0 Å². The smallest absolute Gasteiger partial charge is 0.182 e. The molecule has 0 bridgehead atoms. The fourth-order valence-electron chi connectivity index (χ4n) is 3.89. The zero-order chi connectivity index (χ0) is 17.5. The highest BCUT2D eigenvalue weighted by Gasteiger charge is 2.45. The number of para-hydroxylation sites is 1. The van der Waals surface area contributed by atoms with Crippen LogP contribution in [0, 0.1) is 17.7 Å². The van der Waals surface area contributed by atoms with E-state index < -0.39 is 0 Å². The van der Waals surface area contributed by atoms with Crippen molar-refractivity contribution in [2.75, 3.05) is 31.2 Å². The molecule has 0 unspecified atom stereocenters. The van der Waals surface area contributed by atoms with Gasteiger partial charge in [-0.2, -0.15) is 0 Å². The Hall–Kier alpha value is -2.74. The Morgan fingerprint density at radius 1 is 1.23 bits per heavy atom. The summed E-state index contributed by atoms with van der Waals surface area (Å²) in [6.07, 6.45) is 3.30. The van der Waals surface area contributed by atoms with Crippen LogP contribution in [0.3, 0.4) is 0 Å². The van der Waals surface area contributed by atoms with Gasteiger partial charge in [-0.15, -0.1) is 0 Å². The lowest BCUT2D eigenvalue weighted by Gasteiger charge is -2.21. The number of anilines is 1. The van der Waals surface area contributed by atoms with E-state index in [0.717, 1.165) is 24.4 Å². The molecule has 2 saturated heterocycles. The number of nitrogens with zero attached hydrogens (tertiary/aromatic N) is 4. The molecule has 3 aromatic rings. The van der Waals surface area contributed by atoms with Gasteiger partial charge in [0.05, 0.1) is 25.6 Å². The molecule has 1 N–H and O–H groups in total. The van der Waals surface area contributed by atoms with Crippen LogP contribution in [0.5, 0.6) is 5.75 Å². The van der Waals surface area contributed by atoms with E-state index in [9.17, 15) is 4.39 Å². The normalized spacial score (nSPS) is 25.0. The number of nitrogens with one attached hydrogen (secondary N) is 1. The number of benzene rings is 1. The van der Waals surface area contributed by atoms with E-state index in [4.69, 9.17) is 9.47 Å². The van der Waals surface area contributed by atoms with Crippen molar-refractivity contribution in [2.24, 2.45) is 11.8 Å². The molecule has 0 radical (unpaired) electrons. The number of rotatable bonds is 4. The lowest BCUT2D eigenvalue weighted by atomic mass is 9.94. The number of H-pyrrole nitrogens is 1. The van der Waals surface area contributed by atoms with Crippen molar-refractivity contribution in [1.29, 1.82) is 0 Å². The molecule has 2 aliphatic rings. The number of halogens is 1. The molecular formula is C18H18FN5O2. The second-order valence-electron chi connectivity index (χ2n) is 6.74. The Bertz CT molecular complexity index is 933. The number of fused-ring (bicyclic) bond motifs is 2. The highest BCUT2D eigenvalue weighted by molar-refractivity contribution is 5.82. The zero-order valence-corrected chi connectivity index (χ0v) is 14.0. The second kappa shape index (κ2) is 6.21. The number of hydrogen-bond acceptors (Lipinski definition) is 6. The number of imidazole rings is 1. The molecule has 0 saturated carbocycles. The third-order valence-electron chi connectivity index (χ3n) is 5.23. The summed E-state index contributed by atoms with van der Waals surface area (Å²) in [5.41, 5.74) is 1.50. The summed E-state index contributed by atoms with van der Waals surface area (Å²) >= 11 is 0. The minimum absolute atomic E-state index is 0.136. The molecule has 2 aliphatic heterocycles. The maximum Gasteiger partial charge on any atom is 0.182 e. The predicted molar refractivity (Wildman–Crippen MR) is 92.5 cm³/mol. The maximum atomic E-state index is 13.7. The van der Waals surface area contributed by atoms with Crippen molar-refractivity contribution >= 4 is 17.0 Å². The quantitative estimate of drug-likeness (QED) is 0.772. The van der Waals surface area contributed by atoms with Crippen molar-refractivity contribution in [3.8, 4) is 5.75 Å². The Kier molecular flexibility index (Phi) is 3.70. The molecule has 0 amide bonds. The first kappa shape index (κ1) is 15.5. The van der Waals surface area contributed by atoms with E-state index >= 15 is 0 Å². The van der Waals surface area contributed by atoms with E-state index in [1.165, 1.54) is 12.4 Å². The summed E-state index contributed by atoms with van der Waals surface area (Å²) in [5, 5.41) is 0. The van der Waals surface area contributed by atoms with Gasteiger partial charge in [0.2, 0.25) is 0 Å². The first-order chi connectivity index (χ1) is 12.8. The minimum Gasteiger partial charge on any atom is -0.490 e. The van der Waals surface area contributed by atoms with Crippen molar-refractivity contribution in [1.82, 2.24) is 19.9 Å². The SMILES string of the molecule is Fc1ccccc1OC[C@@H]1CO[C@H]2CN(c3ncnc4nc[nH]c34)C[C@@H]12. The number of aromatic nitrogens is 4. The summed E-state index contributed by atoms with van der Waals surface area (Å²) in [6.45, 7) is 2.67. The lowest BCUT2D eigenvalue weighted by molar-refractivity contribution is 0.108. The maximum absolute atomic E-state index is 13.7. The van der Waals surface area contributed by atoms with Crippen LogP contribution in [0.2, 0.25) is 0 Å². The topological polar surface area (TPSA) is 76.2 Å². The first-order valence-electron chi connectivity index (χ1n) is 8.67. The molecule has 0 aliphatic carbocycles. The van der Waals surface area contributed by atoms with Crippen LogP contribution in [-0.4, -0.2) is 52.3 Å². The summed E-state index contributed by atoms with van der Waals surface area (Å²) in [4.78, 5) is 18.1. The van der Waals surface area contributed by atoms with Gasteiger partial charge in [0.15, 0.2) is 23.0 Å². The first-order valence-corrected chi connectivity index (χ1v) is 8.67. The van der Waals surface area contributed by atoms with Crippen molar-refractivity contribution in [3.05, 3.63) is 42.7 Å². The third-order valence-corrected chi connectivity index (χ3v) is 5.23. The molecule has 8 heteroatoms. The van der Waals surface area contributed by atoms with Crippen LogP contribution >= 0.6 is 0 Å². The molecular weight excluding hydrogens is 337 g/mol. The van der Waals surface area contributed by atoms with Gasteiger partial charge in [-0.1, -0.05) is 12.1 Å². The van der Waals surface area contributed by atoms with Gasteiger partial charge in [-0.3, -0.25) is 0 Å². The average molecular weight is 355 g/mol. The molecule has 7 nitrogen and oxygen atoms in total. The van der Waals surface area contributed by atoms with Crippen molar-refractivity contribution < 1.29 is 13.9 Å². The summed E-state index contributed by atoms with van der Waals surface area (Å²) in [6, 6.07) is 6.49. The standard InChI is InChI=1S/C18H18FN5O2/c19-13-3-1-2-4-14(13)25-7-11-8-26-15-6-24(5-12(11)15)18-16-17(21-9-20-16)22-10-23-18/h1-4,9-12,15H,5-8H2,(H,20,21,22,23)/t11-,12+,15+/m1/s1. The van der Waals surface area contributed by atoms with Gasteiger partial charge < -0.3 is 19.4 Å². The van der Waals surface area contributed by atoms with E-state index in [0.29, 0.717) is 30.5 Å². The van der Waals surface area contributed by atoms with E-state index in [1.54, 1.807) is 24.5 Å². The monoisotopic (exact) mass is 355 g/mol. The van der Waals surface area contributed by atoms with Gasteiger partial charge in [0.25, 0.3) is 0 Å². The summed E-state index contributed by atoms with van der Waals surface area (Å²) in [5.74, 6) is 1.36. The van der Waals surface area contributed by atoms with Crippen LogP contribution in [0.25, 0.3) is 11.2 Å². The Morgan fingerprint density at radius 3 is 3.08 bits per heavy atom. The van der Waals surface area contributed by atoms with E-state index in [-0.39, 0.29) is 17.8 Å². The largest absolute Gasteiger partial charge is 0.490 e. The Labute approximate surface area is 149 Å². The summed E-state index contributed by atoms with van der Waals surface area (Å²) < 4.78 is 25.4. The zero-order valence-electron chi connectivity index (χ0n) is 14.0. The molecule has 4 heterocycles. The van der Waals surface area contributed by atoms with Crippen LogP contribution in [0.15, 0.2) is 36.9 Å².